The third kappa shape index (κ3) is 3.01. The van der Waals surface area contributed by atoms with Crippen LogP contribution in [0.15, 0.2) is 60.7 Å². The van der Waals surface area contributed by atoms with Crippen molar-refractivity contribution in [3.8, 4) is 5.75 Å². The van der Waals surface area contributed by atoms with Gasteiger partial charge >= 0.3 is 0 Å². The number of halogens is 1. The van der Waals surface area contributed by atoms with Crippen molar-refractivity contribution in [2.24, 2.45) is 0 Å². The van der Waals surface area contributed by atoms with E-state index in [4.69, 9.17) is 0 Å². The zero-order valence-corrected chi connectivity index (χ0v) is 16.1. The van der Waals surface area contributed by atoms with Crippen LogP contribution in [0.25, 0.3) is 0 Å². The highest BCUT2D eigenvalue weighted by molar-refractivity contribution is 6.01. The lowest BCUT2D eigenvalue weighted by Gasteiger charge is -2.19. The molecule has 0 saturated heterocycles. The van der Waals surface area contributed by atoms with Crippen LogP contribution in [-0.2, 0) is 26.2 Å². The minimum absolute atomic E-state index is 0.0940. The Morgan fingerprint density at radius 1 is 0.767 bits per heavy atom. The van der Waals surface area contributed by atoms with Gasteiger partial charge in [0.05, 0.1) is 5.56 Å². The molecule has 0 saturated carbocycles. The van der Waals surface area contributed by atoms with E-state index in [1.54, 1.807) is 15.9 Å². The second-order valence-electron chi connectivity index (χ2n) is 7.70. The number of aromatic hydroxyl groups is 1. The number of rotatable bonds is 2. The molecule has 0 atom stereocenters. The third-order valence-electron chi connectivity index (χ3n) is 5.82. The van der Waals surface area contributed by atoms with E-state index in [1.807, 2.05) is 30.3 Å². The van der Waals surface area contributed by atoms with Crippen LogP contribution in [0, 0.1) is 5.82 Å². The maximum absolute atomic E-state index is 14.0. The van der Waals surface area contributed by atoms with Crippen molar-refractivity contribution >= 4 is 11.8 Å². The standard InChI is InChI=1S/C24H19FN2O3/c25-21-7-3-6-18-13-27(14-20(18)21)23(29)15-8-9-22(28)19(10-15)24(30)26-11-16-4-1-2-5-17(16)12-26/h1-10,28H,11-14H2. The van der Waals surface area contributed by atoms with Gasteiger partial charge in [-0.05, 0) is 41.0 Å². The summed E-state index contributed by atoms with van der Waals surface area (Å²) in [5, 5.41) is 10.3. The summed E-state index contributed by atoms with van der Waals surface area (Å²) in [5.74, 6) is -1.11. The molecule has 5 rings (SSSR count). The first kappa shape index (κ1) is 18.4. The summed E-state index contributed by atoms with van der Waals surface area (Å²) >= 11 is 0. The monoisotopic (exact) mass is 402 g/mol. The van der Waals surface area contributed by atoms with Gasteiger partial charge in [-0.25, -0.2) is 4.39 Å². The fourth-order valence-electron chi connectivity index (χ4n) is 4.19. The summed E-state index contributed by atoms with van der Waals surface area (Å²) in [6, 6.07) is 16.9. The lowest BCUT2D eigenvalue weighted by atomic mass is 10.1. The largest absolute Gasteiger partial charge is 0.507 e. The second kappa shape index (κ2) is 6.99. The first-order valence-corrected chi connectivity index (χ1v) is 9.76. The summed E-state index contributed by atoms with van der Waals surface area (Å²) in [6.45, 7) is 1.44. The predicted molar refractivity (Wildman–Crippen MR) is 108 cm³/mol. The number of phenols is 1. The number of hydrogen-bond donors (Lipinski definition) is 1. The van der Waals surface area contributed by atoms with Gasteiger partial charge < -0.3 is 14.9 Å². The first-order valence-electron chi connectivity index (χ1n) is 9.76. The third-order valence-corrected chi connectivity index (χ3v) is 5.82. The molecule has 150 valence electrons. The van der Waals surface area contributed by atoms with Crippen LogP contribution >= 0.6 is 0 Å². The van der Waals surface area contributed by atoms with Gasteiger partial charge in [0.1, 0.15) is 11.6 Å². The number of fused-ring (bicyclic) bond motifs is 2. The zero-order chi connectivity index (χ0) is 20.8. The maximum atomic E-state index is 14.0. The lowest BCUT2D eigenvalue weighted by Crippen LogP contribution is -2.27. The first-order chi connectivity index (χ1) is 14.5. The second-order valence-corrected chi connectivity index (χ2v) is 7.70. The van der Waals surface area contributed by atoms with Gasteiger partial charge in [0.2, 0.25) is 0 Å². The number of phenolic OH excluding ortho intramolecular Hbond substituents is 1. The van der Waals surface area contributed by atoms with Crippen LogP contribution in [0.2, 0.25) is 0 Å². The molecule has 0 radical (unpaired) electrons. The number of benzene rings is 3. The molecule has 0 fully saturated rings. The lowest BCUT2D eigenvalue weighted by molar-refractivity contribution is 0.0747. The summed E-state index contributed by atoms with van der Waals surface area (Å²) in [5.41, 5.74) is 3.85. The minimum Gasteiger partial charge on any atom is -0.507 e. The van der Waals surface area contributed by atoms with Crippen LogP contribution in [-0.4, -0.2) is 26.7 Å². The highest BCUT2D eigenvalue weighted by atomic mass is 19.1. The van der Waals surface area contributed by atoms with Crippen LogP contribution in [0.3, 0.4) is 0 Å². The van der Waals surface area contributed by atoms with E-state index in [-0.39, 0.29) is 35.5 Å². The van der Waals surface area contributed by atoms with Crippen molar-refractivity contribution in [1.29, 1.82) is 0 Å². The van der Waals surface area contributed by atoms with Crippen LogP contribution < -0.4 is 0 Å². The summed E-state index contributed by atoms with van der Waals surface area (Å²) in [4.78, 5) is 29.2. The van der Waals surface area contributed by atoms with Gasteiger partial charge in [0.25, 0.3) is 11.8 Å². The van der Waals surface area contributed by atoms with Gasteiger partial charge in [0, 0.05) is 37.3 Å². The van der Waals surface area contributed by atoms with E-state index in [2.05, 4.69) is 0 Å². The Morgan fingerprint density at radius 2 is 1.40 bits per heavy atom. The molecule has 2 aliphatic rings. The van der Waals surface area contributed by atoms with Crippen molar-refractivity contribution < 1.29 is 19.1 Å². The summed E-state index contributed by atoms with van der Waals surface area (Å²) < 4.78 is 14.0. The fraction of sp³-hybridized carbons (Fsp3) is 0.167. The zero-order valence-electron chi connectivity index (χ0n) is 16.1. The van der Waals surface area contributed by atoms with Crippen molar-refractivity contribution in [2.75, 3.05) is 0 Å². The number of carbonyl (C=O) groups excluding carboxylic acids is 2. The van der Waals surface area contributed by atoms with E-state index in [1.165, 1.54) is 24.3 Å². The topological polar surface area (TPSA) is 60.9 Å². The molecule has 2 aliphatic heterocycles. The van der Waals surface area contributed by atoms with Gasteiger partial charge in [-0.2, -0.15) is 0 Å². The van der Waals surface area contributed by atoms with Crippen molar-refractivity contribution in [2.45, 2.75) is 26.2 Å². The minimum atomic E-state index is -0.325. The van der Waals surface area contributed by atoms with E-state index < -0.39 is 0 Å². The molecule has 6 heteroatoms. The van der Waals surface area contributed by atoms with E-state index in [9.17, 15) is 19.1 Å². The van der Waals surface area contributed by atoms with Crippen molar-refractivity contribution in [1.82, 2.24) is 9.80 Å². The molecule has 0 spiro atoms. The molecule has 5 nitrogen and oxygen atoms in total. The Morgan fingerprint density at radius 3 is 2.10 bits per heavy atom. The molecule has 3 aromatic rings. The van der Waals surface area contributed by atoms with Gasteiger partial charge in [-0.3, -0.25) is 9.59 Å². The quantitative estimate of drug-likeness (QED) is 0.709. The number of hydrogen-bond acceptors (Lipinski definition) is 3. The Labute approximate surface area is 173 Å². The Balaban J connectivity index is 1.39. The number of nitrogens with zero attached hydrogens (tertiary/aromatic N) is 2. The van der Waals surface area contributed by atoms with E-state index in [0.29, 0.717) is 30.8 Å². The number of amides is 2. The SMILES string of the molecule is O=C(c1ccc(O)c(C(=O)N2Cc3ccccc3C2)c1)N1Cc2cccc(F)c2C1. The molecule has 1 N–H and O–H groups in total. The predicted octanol–water partition coefficient (Wildman–Crippen LogP) is 3.84. The summed E-state index contributed by atoms with van der Waals surface area (Å²) in [7, 11) is 0. The molecular formula is C24H19FN2O3. The molecule has 2 amide bonds. The highest BCUT2D eigenvalue weighted by Gasteiger charge is 2.29. The molecule has 30 heavy (non-hydrogen) atoms. The van der Waals surface area contributed by atoms with Crippen LogP contribution in [0.5, 0.6) is 5.75 Å². The fourth-order valence-corrected chi connectivity index (χ4v) is 4.19. The number of carbonyl (C=O) groups is 2. The van der Waals surface area contributed by atoms with Gasteiger partial charge in [-0.1, -0.05) is 36.4 Å². The molecular weight excluding hydrogens is 383 g/mol. The molecule has 2 heterocycles. The van der Waals surface area contributed by atoms with E-state index >= 15 is 0 Å². The van der Waals surface area contributed by atoms with Crippen molar-refractivity contribution in [3.63, 3.8) is 0 Å². The van der Waals surface area contributed by atoms with Crippen LogP contribution in [0.4, 0.5) is 4.39 Å². The molecule has 0 unspecified atom stereocenters. The smallest absolute Gasteiger partial charge is 0.258 e. The van der Waals surface area contributed by atoms with Gasteiger partial charge in [-0.15, -0.1) is 0 Å². The summed E-state index contributed by atoms with van der Waals surface area (Å²) in [6.07, 6.45) is 0. The van der Waals surface area contributed by atoms with E-state index in [0.717, 1.165) is 16.7 Å². The van der Waals surface area contributed by atoms with Crippen LogP contribution in [0.1, 0.15) is 43.0 Å². The highest BCUT2D eigenvalue weighted by Crippen LogP contribution is 2.30. The molecule has 0 aliphatic carbocycles. The molecule has 0 bridgehead atoms. The normalized spacial score (nSPS) is 14.6. The Bertz CT molecular complexity index is 1170. The average molecular weight is 402 g/mol. The molecule has 3 aromatic carbocycles. The Kier molecular flexibility index (Phi) is 4.28. The average Bonchev–Trinajstić information content (AvgIpc) is 3.38. The Hall–Kier alpha value is -3.67. The van der Waals surface area contributed by atoms with Crippen molar-refractivity contribution in [3.05, 3.63) is 99.9 Å². The maximum Gasteiger partial charge on any atom is 0.258 e. The molecule has 0 aromatic heterocycles. The van der Waals surface area contributed by atoms with Gasteiger partial charge in [0.15, 0.2) is 0 Å².